The van der Waals surface area contributed by atoms with Gasteiger partial charge < -0.3 is 15.2 Å². The zero-order valence-electron chi connectivity index (χ0n) is 19.1. The summed E-state index contributed by atoms with van der Waals surface area (Å²) in [6.45, 7) is 0.423. The van der Waals surface area contributed by atoms with Gasteiger partial charge in [0.25, 0.3) is 5.91 Å². The number of Topliss-reactive ketones (excluding diaryl/α,β-unsaturated/α-hetero) is 1. The number of nitrogens with one attached hydrogen (secondary N) is 1. The zero-order chi connectivity index (χ0) is 24.1. The predicted molar refractivity (Wildman–Crippen MR) is 130 cm³/mol. The van der Waals surface area contributed by atoms with Gasteiger partial charge in [-0.05, 0) is 98.9 Å². The molecule has 2 aromatic rings. The number of amides is 1. The van der Waals surface area contributed by atoms with Crippen molar-refractivity contribution >= 4 is 29.3 Å². The molecule has 0 aromatic heterocycles. The van der Waals surface area contributed by atoms with Crippen LogP contribution in [0.2, 0.25) is 5.02 Å². The standard InChI is InChI=1S/C27H30ClNO5/c28-20-9-5-18(6-10-20)26(31)29-15-1-2-25(30)23-14-13-22(16-24(23)17-3-4-17)34-21-11-7-19(8-12-21)27(32)33/h5-6,9-10,13-14,16-17,19,21H,1-4,7-8,11-12,15H2,(H,29,31)(H,32,33). The Labute approximate surface area is 204 Å². The highest BCUT2D eigenvalue weighted by Crippen LogP contribution is 2.43. The molecule has 2 N–H and O–H groups in total. The van der Waals surface area contributed by atoms with Crippen molar-refractivity contribution in [2.24, 2.45) is 5.92 Å². The fourth-order valence-electron chi connectivity index (χ4n) is 4.51. The molecule has 1 amide bonds. The molecule has 180 valence electrons. The highest BCUT2D eigenvalue weighted by Gasteiger charge is 2.30. The molecular formula is C27H30ClNO5. The summed E-state index contributed by atoms with van der Waals surface area (Å²) in [4.78, 5) is 36.3. The summed E-state index contributed by atoms with van der Waals surface area (Å²) in [5.41, 5.74) is 2.33. The highest BCUT2D eigenvalue weighted by atomic mass is 35.5. The Morgan fingerprint density at radius 3 is 2.32 bits per heavy atom. The molecule has 4 rings (SSSR count). The van der Waals surface area contributed by atoms with Crippen molar-refractivity contribution in [1.29, 1.82) is 0 Å². The third-order valence-corrected chi connectivity index (χ3v) is 6.89. The van der Waals surface area contributed by atoms with Gasteiger partial charge >= 0.3 is 5.97 Å². The van der Waals surface area contributed by atoms with Crippen molar-refractivity contribution in [3.8, 4) is 5.75 Å². The predicted octanol–water partition coefficient (Wildman–Crippen LogP) is 5.63. The van der Waals surface area contributed by atoms with Crippen LogP contribution in [0.3, 0.4) is 0 Å². The second kappa shape index (κ2) is 11.0. The second-order valence-corrected chi connectivity index (χ2v) is 9.68. The van der Waals surface area contributed by atoms with Crippen molar-refractivity contribution in [2.75, 3.05) is 6.54 Å². The number of benzene rings is 2. The third-order valence-electron chi connectivity index (χ3n) is 6.64. The van der Waals surface area contributed by atoms with Gasteiger partial charge in [0.15, 0.2) is 5.78 Å². The molecule has 0 aliphatic heterocycles. The van der Waals surface area contributed by atoms with E-state index in [9.17, 15) is 14.4 Å². The first kappa shape index (κ1) is 24.3. The first-order chi connectivity index (χ1) is 16.4. The van der Waals surface area contributed by atoms with Crippen molar-refractivity contribution in [3.63, 3.8) is 0 Å². The average Bonchev–Trinajstić information content (AvgIpc) is 3.68. The van der Waals surface area contributed by atoms with Gasteiger partial charge in [-0.3, -0.25) is 14.4 Å². The van der Waals surface area contributed by atoms with E-state index in [-0.39, 0.29) is 23.7 Å². The lowest BCUT2D eigenvalue weighted by atomic mass is 9.87. The van der Waals surface area contributed by atoms with Gasteiger partial charge in [0.05, 0.1) is 12.0 Å². The number of halogens is 1. The molecule has 0 unspecified atom stereocenters. The van der Waals surface area contributed by atoms with Crippen LogP contribution in [0.5, 0.6) is 5.75 Å². The molecule has 2 aromatic carbocycles. The summed E-state index contributed by atoms with van der Waals surface area (Å²) in [6, 6.07) is 12.4. The summed E-state index contributed by atoms with van der Waals surface area (Å²) < 4.78 is 6.15. The van der Waals surface area contributed by atoms with Crippen LogP contribution in [-0.4, -0.2) is 35.4 Å². The Morgan fingerprint density at radius 2 is 1.68 bits per heavy atom. The Bertz CT molecular complexity index is 1040. The fraction of sp³-hybridized carbons (Fsp3) is 0.444. The fourth-order valence-corrected chi connectivity index (χ4v) is 4.64. The number of carboxylic acid groups (broad SMARTS) is 1. The minimum absolute atomic E-state index is 0.0217. The van der Waals surface area contributed by atoms with Crippen molar-refractivity contribution in [1.82, 2.24) is 5.32 Å². The lowest BCUT2D eigenvalue weighted by Gasteiger charge is -2.27. The highest BCUT2D eigenvalue weighted by molar-refractivity contribution is 6.30. The summed E-state index contributed by atoms with van der Waals surface area (Å²) in [7, 11) is 0. The van der Waals surface area contributed by atoms with E-state index in [1.54, 1.807) is 24.3 Å². The number of ether oxygens (including phenoxy) is 1. The summed E-state index contributed by atoms with van der Waals surface area (Å²) in [5.74, 6) is 0.0693. The molecule has 0 saturated heterocycles. The van der Waals surface area contributed by atoms with E-state index in [4.69, 9.17) is 21.4 Å². The zero-order valence-corrected chi connectivity index (χ0v) is 19.9. The maximum Gasteiger partial charge on any atom is 0.306 e. The maximum absolute atomic E-state index is 12.9. The van der Waals surface area contributed by atoms with Crippen LogP contribution in [-0.2, 0) is 4.79 Å². The Balaban J connectivity index is 1.29. The topological polar surface area (TPSA) is 92.7 Å². The Morgan fingerprint density at radius 1 is 0.971 bits per heavy atom. The van der Waals surface area contributed by atoms with Crippen LogP contribution in [0, 0.1) is 5.92 Å². The van der Waals surface area contributed by atoms with E-state index in [2.05, 4.69) is 5.32 Å². The molecule has 2 fully saturated rings. The van der Waals surface area contributed by atoms with Crippen LogP contribution in [0.4, 0.5) is 0 Å². The molecular weight excluding hydrogens is 454 g/mol. The minimum Gasteiger partial charge on any atom is -0.490 e. The van der Waals surface area contributed by atoms with Crippen LogP contribution < -0.4 is 10.1 Å². The van der Waals surface area contributed by atoms with Gasteiger partial charge in [0.2, 0.25) is 0 Å². The molecule has 2 aliphatic rings. The van der Waals surface area contributed by atoms with E-state index >= 15 is 0 Å². The molecule has 34 heavy (non-hydrogen) atoms. The molecule has 7 heteroatoms. The maximum atomic E-state index is 12.9. The lowest BCUT2D eigenvalue weighted by Crippen LogP contribution is -2.27. The number of hydrogen-bond donors (Lipinski definition) is 2. The van der Waals surface area contributed by atoms with Crippen molar-refractivity contribution in [3.05, 3.63) is 64.2 Å². The van der Waals surface area contributed by atoms with Gasteiger partial charge in [0.1, 0.15) is 5.75 Å². The van der Waals surface area contributed by atoms with E-state index in [0.717, 1.165) is 42.6 Å². The van der Waals surface area contributed by atoms with Crippen molar-refractivity contribution < 1.29 is 24.2 Å². The van der Waals surface area contributed by atoms with Gasteiger partial charge in [-0.15, -0.1) is 0 Å². The number of ketones is 1. The number of carbonyl (C=O) groups excluding carboxylic acids is 2. The quantitative estimate of drug-likeness (QED) is 0.337. The van der Waals surface area contributed by atoms with E-state index in [1.807, 2.05) is 18.2 Å². The monoisotopic (exact) mass is 483 g/mol. The Kier molecular flexibility index (Phi) is 7.88. The molecule has 6 nitrogen and oxygen atoms in total. The van der Waals surface area contributed by atoms with E-state index in [1.165, 1.54) is 0 Å². The molecule has 2 saturated carbocycles. The number of rotatable bonds is 10. The van der Waals surface area contributed by atoms with Gasteiger partial charge in [-0.25, -0.2) is 0 Å². The summed E-state index contributed by atoms with van der Waals surface area (Å²) in [6.07, 6.45) is 5.84. The third kappa shape index (κ3) is 6.38. The van der Waals surface area contributed by atoms with Crippen LogP contribution in [0.15, 0.2) is 42.5 Å². The average molecular weight is 484 g/mol. The van der Waals surface area contributed by atoms with Crippen LogP contribution in [0.1, 0.15) is 83.6 Å². The van der Waals surface area contributed by atoms with Crippen LogP contribution >= 0.6 is 11.6 Å². The molecule has 0 radical (unpaired) electrons. The summed E-state index contributed by atoms with van der Waals surface area (Å²) >= 11 is 5.85. The number of carbonyl (C=O) groups is 3. The molecule has 2 aliphatic carbocycles. The first-order valence-electron chi connectivity index (χ1n) is 12.0. The molecule has 0 bridgehead atoms. The largest absolute Gasteiger partial charge is 0.490 e. The van der Waals surface area contributed by atoms with Gasteiger partial charge in [-0.1, -0.05) is 11.6 Å². The smallest absolute Gasteiger partial charge is 0.306 e. The Hall–Kier alpha value is -2.86. The molecule has 0 atom stereocenters. The minimum atomic E-state index is -0.720. The number of carboxylic acids is 1. The molecule has 0 spiro atoms. The normalized spacial score (nSPS) is 19.9. The lowest BCUT2D eigenvalue weighted by molar-refractivity contribution is -0.143. The van der Waals surface area contributed by atoms with E-state index in [0.29, 0.717) is 48.7 Å². The van der Waals surface area contributed by atoms with Gasteiger partial charge in [0, 0.05) is 29.1 Å². The first-order valence-corrected chi connectivity index (χ1v) is 12.4. The van der Waals surface area contributed by atoms with Crippen LogP contribution in [0.25, 0.3) is 0 Å². The van der Waals surface area contributed by atoms with Gasteiger partial charge in [-0.2, -0.15) is 0 Å². The number of hydrogen-bond acceptors (Lipinski definition) is 4. The number of aliphatic carboxylic acids is 1. The van der Waals surface area contributed by atoms with E-state index < -0.39 is 5.97 Å². The molecule has 0 heterocycles. The SMILES string of the molecule is O=C(NCCCC(=O)c1ccc(OC2CCC(C(=O)O)CC2)cc1C1CC1)c1ccc(Cl)cc1. The summed E-state index contributed by atoms with van der Waals surface area (Å²) in [5, 5.41) is 12.6. The second-order valence-electron chi connectivity index (χ2n) is 9.24. The van der Waals surface area contributed by atoms with Crippen molar-refractivity contribution in [2.45, 2.75) is 63.4 Å².